The van der Waals surface area contributed by atoms with Crippen molar-refractivity contribution >= 4 is 6.41 Å². The van der Waals surface area contributed by atoms with Crippen LogP contribution in [0, 0.1) is 11.8 Å². The van der Waals surface area contributed by atoms with Gasteiger partial charge < -0.3 is 4.90 Å². The van der Waals surface area contributed by atoms with E-state index in [0.29, 0.717) is 11.8 Å². The van der Waals surface area contributed by atoms with E-state index in [9.17, 15) is 4.79 Å². The van der Waals surface area contributed by atoms with Crippen molar-refractivity contribution in [1.82, 2.24) is 4.90 Å². The molecule has 14 heavy (non-hydrogen) atoms. The highest BCUT2D eigenvalue weighted by Gasteiger charge is 2.43. The Morgan fingerprint density at radius 1 is 1.14 bits per heavy atom. The van der Waals surface area contributed by atoms with Crippen molar-refractivity contribution < 1.29 is 4.79 Å². The summed E-state index contributed by atoms with van der Waals surface area (Å²) in [6.07, 6.45) is 4.65. The normalized spacial score (nSPS) is 21.7. The number of carbonyl (C=O) groups excluding carboxylic acids is 1. The summed E-state index contributed by atoms with van der Waals surface area (Å²) in [5.74, 6) is 1.10. The van der Waals surface area contributed by atoms with Gasteiger partial charge in [0.25, 0.3) is 0 Å². The van der Waals surface area contributed by atoms with Gasteiger partial charge in [-0.3, -0.25) is 4.79 Å². The van der Waals surface area contributed by atoms with Crippen LogP contribution >= 0.6 is 0 Å². The maximum atomic E-state index is 11.1. The SMILES string of the molecule is CC(C)C1(C(C)C)CCCCN1C=O. The first kappa shape index (κ1) is 11.5. The number of nitrogens with zero attached hydrogens (tertiary/aromatic N) is 1. The molecule has 1 fully saturated rings. The first-order valence-corrected chi connectivity index (χ1v) is 5.77. The molecule has 0 spiro atoms. The van der Waals surface area contributed by atoms with Crippen LogP contribution in [-0.2, 0) is 4.79 Å². The van der Waals surface area contributed by atoms with Crippen LogP contribution in [0.3, 0.4) is 0 Å². The molecule has 0 aliphatic carbocycles. The zero-order valence-electron chi connectivity index (χ0n) is 9.92. The van der Waals surface area contributed by atoms with Crippen LogP contribution in [0.15, 0.2) is 0 Å². The molecule has 1 rings (SSSR count). The lowest BCUT2D eigenvalue weighted by Gasteiger charge is -2.51. The van der Waals surface area contributed by atoms with Gasteiger partial charge in [-0.2, -0.15) is 0 Å². The van der Waals surface area contributed by atoms with E-state index in [4.69, 9.17) is 0 Å². The third-order valence-corrected chi connectivity index (χ3v) is 3.89. The maximum Gasteiger partial charge on any atom is 0.210 e. The van der Waals surface area contributed by atoms with Crippen molar-refractivity contribution in [1.29, 1.82) is 0 Å². The summed E-state index contributed by atoms with van der Waals surface area (Å²) >= 11 is 0. The highest BCUT2D eigenvalue weighted by Crippen LogP contribution is 2.39. The summed E-state index contributed by atoms with van der Waals surface area (Å²) in [7, 11) is 0. The quantitative estimate of drug-likeness (QED) is 0.637. The van der Waals surface area contributed by atoms with E-state index < -0.39 is 0 Å². The Morgan fingerprint density at radius 2 is 1.71 bits per heavy atom. The van der Waals surface area contributed by atoms with Gasteiger partial charge in [0.15, 0.2) is 0 Å². The number of rotatable bonds is 3. The molecule has 1 heterocycles. The Labute approximate surface area is 87.7 Å². The van der Waals surface area contributed by atoms with Gasteiger partial charge in [0.1, 0.15) is 0 Å². The molecular formula is C12H23NO. The summed E-state index contributed by atoms with van der Waals surface area (Å²) in [6, 6.07) is 0. The van der Waals surface area contributed by atoms with Crippen molar-refractivity contribution in [2.24, 2.45) is 11.8 Å². The monoisotopic (exact) mass is 197 g/mol. The molecular weight excluding hydrogens is 174 g/mol. The second-order valence-electron chi connectivity index (χ2n) is 5.06. The van der Waals surface area contributed by atoms with Gasteiger partial charge in [-0.05, 0) is 31.1 Å². The van der Waals surface area contributed by atoms with Crippen LogP contribution in [0.5, 0.6) is 0 Å². The number of piperidine rings is 1. The zero-order valence-corrected chi connectivity index (χ0v) is 9.92. The highest BCUT2D eigenvalue weighted by atomic mass is 16.1. The predicted molar refractivity (Wildman–Crippen MR) is 59.0 cm³/mol. The Hall–Kier alpha value is -0.530. The van der Waals surface area contributed by atoms with Crippen LogP contribution < -0.4 is 0 Å². The summed E-state index contributed by atoms with van der Waals surface area (Å²) in [6.45, 7) is 9.90. The number of hydrogen-bond acceptors (Lipinski definition) is 1. The second-order valence-corrected chi connectivity index (χ2v) is 5.06. The lowest BCUT2D eigenvalue weighted by Crippen LogP contribution is -2.58. The summed E-state index contributed by atoms with van der Waals surface area (Å²) in [4.78, 5) is 13.2. The number of amides is 1. The van der Waals surface area contributed by atoms with Gasteiger partial charge in [0.05, 0.1) is 0 Å². The molecule has 2 heteroatoms. The zero-order chi connectivity index (χ0) is 10.8. The first-order valence-electron chi connectivity index (χ1n) is 5.77. The van der Waals surface area contributed by atoms with Crippen molar-refractivity contribution in [3.05, 3.63) is 0 Å². The molecule has 1 aliphatic rings. The third-order valence-electron chi connectivity index (χ3n) is 3.89. The standard InChI is InChI=1S/C12H23NO/c1-10(2)12(11(3)4)7-5-6-8-13(12)9-14/h9-11H,5-8H2,1-4H3. The number of carbonyl (C=O) groups is 1. The molecule has 0 aromatic heterocycles. The minimum atomic E-state index is 0.111. The first-order chi connectivity index (χ1) is 6.55. The van der Waals surface area contributed by atoms with Crippen molar-refractivity contribution in [3.8, 4) is 0 Å². The topological polar surface area (TPSA) is 20.3 Å². The molecule has 0 radical (unpaired) electrons. The second kappa shape index (κ2) is 4.33. The number of likely N-dealkylation sites (tertiary alicyclic amines) is 1. The van der Waals surface area contributed by atoms with Crippen LogP contribution in [0.2, 0.25) is 0 Å². The largest absolute Gasteiger partial charge is 0.339 e. The lowest BCUT2D eigenvalue weighted by molar-refractivity contribution is -0.132. The van der Waals surface area contributed by atoms with Gasteiger partial charge in [-0.1, -0.05) is 27.7 Å². The van der Waals surface area contributed by atoms with E-state index >= 15 is 0 Å². The Bertz CT molecular complexity index is 190. The molecule has 1 amide bonds. The van der Waals surface area contributed by atoms with E-state index in [1.165, 1.54) is 19.3 Å². The third kappa shape index (κ3) is 1.67. The Kier molecular flexibility index (Phi) is 3.57. The van der Waals surface area contributed by atoms with E-state index in [-0.39, 0.29) is 5.54 Å². The smallest absolute Gasteiger partial charge is 0.210 e. The molecule has 82 valence electrons. The molecule has 0 aromatic carbocycles. The van der Waals surface area contributed by atoms with Gasteiger partial charge in [0.2, 0.25) is 6.41 Å². The van der Waals surface area contributed by atoms with Crippen molar-refractivity contribution in [2.75, 3.05) is 6.54 Å². The van der Waals surface area contributed by atoms with E-state index in [2.05, 4.69) is 27.7 Å². The average Bonchev–Trinajstić information content (AvgIpc) is 2.16. The fraction of sp³-hybridized carbons (Fsp3) is 0.917. The van der Waals surface area contributed by atoms with Gasteiger partial charge >= 0.3 is 0 Å². The van der Waals surface area contributed by atoms with Crippen LogP contribution in [0.1, 0.15) is 47.0 Å². The Morgan fingerprint density at radius 3 is 2.07 bits per heavy atom. The molecule has 0 bridgehead atoms. The minimum absolute atomic E-state index is 0.111. The molecule has 1 aliphatic heterocycles. The van der Waals surface area contributed by atoms with Gasteiger partial charge in [-0.15, -0.1) is 0 Å². The van der Waals surface area contributed by atoms with Gasteiger partial charge in [0, 0.05) is 12.1 Å². The summed E-state index contributed by atoms with van der Waals surface area (Å²) < 4.78 is 0. The van der Waals surface area contributed by atoms with Crippen molar-refractivity contribution in [3.63, 3.8) is 0 Å². The van der Waals surface area contributed by atoms with Crippen LogP contribution in [-0.4, -0.2) is 23.4 Å². The van der Waals surface area contributed by atoms with E-state index in [1.54, 1.807) is 0 Å². The molecule has 0 atom stereocenters. The van der Waals surface area contributed by atoms with Crippen LogP contribution in [0.25, 0.3) is 0 Å². The molecule has 0 unspecified atom stereocenters. The highest BCUT2D eigenvalue weighted by molar-refractivity contribution is 5.49. The maximum absolute atomic E-state index is 11.1. The average molecular weight is 197 g/mol. The minimum Gasteiger partial charge on any atom is -0.339 e. The molecule has 0 aromatic rings. The molecule has 2 nitrogen and oxygen atoms in total. The lowest BCUT2D eigenvalue weighted by atomic mass is 9.70. The summed E-state index contributed by atoms with van der Waals surface area (Å²) in [5, 5.41) is 0. The molecule has 0 N–H and O–H groups in total. The summed E-state index contributed by atoms with van der Waals surface area (Å²) in [5.41, 5.74) is 0.111. The van der Waals surface area contributed by atoms with Crippen molar-refractivity contribution in [2.45, 2.75) is 52.5 Å². The predicted octanol–water partition coefficient (Wildman–Crippen LogP) is 2.68. The Balaban J connectivity index is 2.96. The van der Waals surface area contributed by atoms with Gasteiger partial charge in [-0.25, -0.2) is 0 Å². The molecule has 1 saturated heterocycles. The van der Waals surface area contributed by atoms with Crippen LogP contribution in [0.4, 0.5) is 0 Å². The van der Waals surface area contributed by atoms with E-state index in [1.807, 2.05) is 4.90 Å². The number of hydrogen-bond donors (Lipinski definition) is 0. The fourth-order valence-corrected chi connectivity index (χ4v) is 3.10. The fourth-order valence-electron chi connectivity index (χ4n) is 3.10. The van der Waals surface area contributed by atoms with E-state index in [0.717, 1.165) is 13.0 Å². The molecule has 0 saturated carbocycles.